The SMILES string of the molecule is Cc1ccc(-c2c(CCC(=O)O)c(C)nc(CC(C)C)c2CN)cc1.Cl.Cl. The average Bonchev–Trinajstić information content (AvgIpc) is 2.53. The number of aryl methyl sites for hydroxylation is 2. The van der Waals surface area contributed by atoms with E-state index in [1.807, 2.05) is 6.92 Å². The fraction of sp³-hybridized carbons (Fsp3) is 0.429. The lowest BCUT2D eigenvalue weighted by molar-refractivity contribution is -0.136. The Morgan fingerprint density at radius 3 is 2.19 bits per heavy atom. The van der Waals surface area contributed by atoms with Gasteiger partial charge in [0.1, 0.15) is 0 Å². The Morgan fingerprint density at radius 2 is 1.70 bits per heavy atom. The van der Waals surface area contributed by atoms with Crippen molar-refractivity contribution < 1.29 is 9.90 Å². The molecule has 0 saturated carbocycles. The fourth-order valence-corrected chi connectivity index (χ4v) is 3.23. The van der Waals surface area contributed by atoms with Gasteiger partial charge in [0.25, 0.3) is 0 Å². The topological polar surface area (TPSA) is 76.2 Å². The molecule has 2 rings (SSSR count). The first-order chi connectivity index (χ1) is 11.8. The summed E-state index contributed by atoms with van der Waals surface area (Å²) in [6.45, 7) is 8.76. The van der Waals surface area contributed by atoms with Crippen LogP contribution in [0.15, 0.2) is 24.3 Å². The Morgan fingerprint density at radius 1 is 1.11 bits per heavy atom. The van der Waals surface area contributed by atoms with Gasteiger partial charge in [-0.2, -0.15) is 0 Å². The van der Waals surface area contributed by atoms with Crippen molar-refractivity contribution in [1.29, 1.82) is 0 Å². The molecule has 4 nitrogen and oxygen atoms in total. The molecule has 1 aromatic carbocycles. The molecule has 0 saturated heterocycles. The Balaban J connectivity index is 0.00000338. The molecule has 3 N–H and O–H groups in total. The van der Waals surface area contributed by atoms with E-state index in [1.165, 1.54) is 5.56 Å². The lowest BCUT2D eigenvalue weighted by Crippen LogP contribution is -2.14. The molecule has 0 aliphatic rings. The van der Waals surface area contributed by atoms with Crippen molar-refractivity contribution in [2.24, 2.45) is 11.7 Å². The number of nitrogens with zero attached hydrogens (tertiary/aromatic N) is 1. The predicted octanol–water partition coefficient (Wildman–Crippen LogP) is 4.88. The van der Waals surface area contributed by atoms with Crippen molar-refractivity contribution in [2.75, 3.05) is 0 Å². The summed E-state index contributed by atoms with van der Waals surface area (Å²) < 4.78 is 0. The number of rotatable bonds is 7. The van der Waals surface area contributed by atoms with Crippen molar-refractivity contribution in [3.63, 3.8) is 0 Å². The van der Waals surface area contributed by atoms with Gasteiger partial charge in [-0.05, 0) is 54.9 Å². The number of carbonyl (C=O) groups is 1. The summed E-state index contributed by atoms with van der Waals surface area (Å²) in [5.74, 6) is -0.317. The molecule has 0 amide bonds. The Hall–Kier alpha value is -1.62. The number of carboxylic acid groups (broad SMARTS) is 1. The van der Waals surface area contributed by atoms with Gasteiger partial charge in [-0.25, -0.2) is 0 Å². The number of carboxylic acids is 1. The molecule has 0 bridgehead atoms. The van der Waals surface area contributed by atoms with Gasteiger partial charge < -0.3 is 10.8 Å². The van der Waals surface area contributed by atoms with Crippen LogP contribution in [0.3, 0.4) is 0 Å². The first kappa shape index (κ1) is 25.4. The molecule has 0 unspecified atom stereocenters. The number of benzene rings is 1. The number of aromatic nitrogens is 1. The summed E-state index contributed by atoms with van der Waals surface area (Å²) in [5.41, 5.74) is 13.5. The fourth-order valence-electron chi connectivity index (χ4n) is 3.23. The van der Waals surface area contributed by atoms with Gasteiger partial charge in [0, 0.05) is 24.4 Å². The number of pyridine rings is 1. The highest BCUT2D eigenvalue weighted by Crippen LogP contribution is 2.33. The molecule has 6 heteroatoms. The second kappa shape index (κ2) is 11.3. The zero-order chi connectivity index (χ0) is 18.6. The number of aliphatic carboxylic acids is 1. The molecular weight excluding hydrogens is 383 g/mol. The molecule has 1 aromatic heterocycles. The van der Waals surface area contributed by atoms with Crippen LogP contribution in [0.5, 0.6) is 0 Å². The summed E-state index contributed by atoms with van der Waals surface area (Å²) >= 11 is 0. The van der Waals surface area contributed by atoms with E-state index in [0.29, 0.717) is 18.9 Å². The molecular formula is C21H30Cl2N2O2. The third kappa shape index (κ3) is 6.49. The quantitative estimate of drug-likeness (QED) is 0.678. The van der Waals surface area contributed by atoms with Crippen LogP contribution in [0.25, 0.3) is 11.1 Å². The van der Waals surface area contributed by atoms with Crippen LogP contribution in [0.1, 0.15) is 48.3 Å². The molecule has 0 atom stereocenters. The van der Waals surface area contributed by atoms with Gasteiger partial charge in [0.15, 0.2) is 0 Å². The van der Waals surface area contributed by atoms with Crippen LogP contribution < -0.4 is 5.73 Å². The smallest absolute Gasteiger partial charge is 0.303 e. The lowest BCUT2D eigenvalue weighted by atomic mass is 9.88. The minimum absolute atomic E-state index is 0. The summed E-state index contributed by atoms with van der Waals surface area (Å²) in [5, 5.41) is 9.12. The summed E-state index contributed by atoms with van der Waals surface area (Å²) in [6.07, 6.45) is 1.42. The third-order valence-corrected chi connectivity index (χ3v) is 4.43. The number of nitrogens with two attached hydrogens (primary N) is 1. The number of hydrogen-bond acceptors (Lipinski definition) is 3. The minimum atomic E-state index is -0.796. The maximum atomic E-state index is 11.1. The number of halogens is 2. The van der Waals surface area contributed by atoms with E-state index in [1.54, 1.807) is 0 Å². The molecule has 0 fully saturated rings. The third-order valence-electron chi connectivity index (χ3n) is 4.43. The van der Waals surface area contributed by atoms with Gasteiger partial charge in [0.05, 0.1) is 0 Å². The van der Waals surface area contributed by atoms with Crippen LogP contribution >= 0.6 is 24.8 Å². The molecule has 150 valence electrons. The second-order valence-electron chi connectivity index (χ2n) is 7.04. The molecule has 1 heterocycles. The standard InChI is InChI=1S/C21H28N2O2.2ClH/c1-13(2)11-19-18(12-22)21(16-7-5-14(3)6-8-16)17(15(4)23-19)9-10-20(24)25;;/h5-8,13H,9-12,22H2,1-4H3,(H,24,25);2*1H. The van der Waals surface area contributed by atoms with E-state index >= 15 is 0 Å². The largest absolute Gasteiger partial charge is 0.481 e. The summed E-state index contributed by atoms with van der Waals surface area (Å²) in [6, 6.07) is 8.34. The lowest BCUT2D eigenvalue weighted by Gasteiger charge is -2.21. The number of hydrogen-bond donors (Lipinski definition) is 2. The van der Waals surface area contributed by atoms with E-state index in [2.05, 4.69) is 45.0 Å². The highest BCUT2D eigenvalue weighted by atomic mass is 35.5. The normalized spacial score (nSPS) is 10.3. The van der Waals surface area contributed by atoms with E-state index in [-0.39, 0.29) is 31.2 Å². The van der Waals surface area contributed by atoms with Crippen LogP contribution in [0.4, 0.5) is 0 Å². The zero-order valence-electron chi connectivity index (χ0n) is 16.4. The molecule has 2 aromatic rings. The maximum absolute atomic E-state index is 11.1. The van der Waals surface area contributed by atoms with Gasteiger partial charge in [0.2, 0.25) is 0 Å². The van der Waals surface area contributed by atoms with E-state index in [0.717, 1.165) is 40.1 Å². The van der Waals surface area contributed by atoms with E-state index in [4.69, 9.17) is 15.8 Å². The molecule has 0 radical (unpaired) electrons. The Labute approximate surface area is 174 Å². The average molecular weight is 413 g/mol. The van der Waals surface area contributed by atoms with Gasteiger partial charge in [-0.15, -0.1) is 24.8 Å². The first-order valence-corrected chi connectivity index (χ1v) is 8.83. The highest BCUT2D eigenvalue weighted by molar-refractivity contribution is 5.85. The highest BCUT2D eigenvalue weighted by Gasteiger charge is 2.19. The first-order valence-electron chi connectivity index (χ1n) is 8.83. The van der Waals surface area contributed by atoms with Gasteiger partial charge in [-0.1, -0.05) is 43.7 Å². The second-order valence-corrected chi connectivity index (χ2v) is 7.04. The molecule has 0 aliphatic carbocycles. The van der Waals surface area contributed by atoms with Crippen molar-refractivity contribution in [3.8, 4) is 11.1 Å². The predicted molar refractivity (Wildman–Crippen MR) is 116 cm³/mol. The Bertz CT molecular complexity index is 760. The summed E-state index contributed by atoms with van der Waals surface area (Å²) in [4.78, 5) is 15.9. The van der Waals surface area contributed by atoms with Crippen LogP contribution in [-0.4, -0.2) is 16.1 Å². The molecule has 0 spiro atoms. The van der Waals surface area contributed by atoms with Crippen LogP contribution in [0, 0.1) is 19.8 Å². The van der Waals surface area contributed by atoms with Crippen molar-refractivity contribution in [1.82, 2.24) is 4.98 Å². The van der Waals surface area contributed by atoms with Crippen molar-refractivity contribution in [3.05, 3.63) is 52.3 Å². The van der Waals surface area contributed by atoms with Crippen molar-refractivity contribution >= 4 is 30.8 Å². The van der Waals surface area contributed by atoms with Crippen LogP contribution in [-0.2, 0) is 24.2 Å². The van der Waals surface area contributed by atoms with Gasteiger partial charge >= 0.3 is 5.97 Å². The van der Waals surface area contributed by atoms with Crippen molar-refractivity contribution in [2.45, 2.75) is 53.5 Å². The van der Waals surface area contributed by atoms with Crippen LogP contribution in [0.2, 0.25) is 0 Å². The monoisotopic (exact) mass is 412 g/mol. The summed E-state index contributed by atoms with van der Waals surface area (Å²) in [7, 11) is 0. The van der Waals surface area contributed by atoms with Gasteiger partial charge in [-0.3, -0.25) is 9.78 Å². The zero-order valence-corrected chi connectivity index (χ0v) is 18.0. The minimum Gasteiger partial charge on any atom is -0.481 e. The molecule has 27 heavy (non-hydrogen) atoms. The Kier molecular flexibility index (Phi) is 10.6. The van der Waals surface area contributed by atoms with E-state index in [9.17, 15) is 4.79 Å². The molecule has 0 aliphatic heterocycles. The van der Waals surface area contributed by atoms with E-state index < -0.39 is 5.97 Å². The maximum Gasteiger partial charge on any atom is 0.303 e.